The van der Waals surface area contributed by atoms with Crippen LogP contribution in [0.5, 0.6) is 0 Å². The van der Waals surface area contributed by atoms with Gasteiger partial charge in [0.2, 0.25) is 0 Å². The lowest BCUT2D eigenvalue weighted by molar-refractivity contribution is 0.203. The van der Waals surface area contributed by atoms with Crippen molar-refractivity contribution < 1.29 is 13.2 Å². The lowest BCUT2D eigenvalue weighted by atomic mass is 10.4. The monoisotopic (exact) mass is 237 g/mol. The Morgan fingerprint density at radius 2 is 2.20 bits per heavy atom. The topological polar surface area (TPSA) is 70.7 Å². The Labute approximate surface area is 91.2 Å². The fourth-order valence-corrected chi connectivity index (χ4v) is 2.65. The number of hydrogen-bond donors (Lipinski definition) is 2. The number of hydrogen-bond acceptors (Lipinski definition) is 4. The summed E-state index contributed by atoms with van der Waals surface area (Å²) in [5.74, 6) is 0. The molecule has 1 rings (SSSR count). The molecule has 0 radical (unpaired) electrons. The van der Waals surface area contributed by atoms with Crippen LogP contribution in [-0.4, -0.2) is 59.2 Å². The molecule has 90 valence electrons. The number of nitrogens with one attached hydrogen (secondary N) is 2. The quantitative estimate of drug-likeness (QED) is 0.587. The van der Waals surface area contributed by atoms with Crippen molar-refractivity contribution in [3.63, 3.8) is 0 Å². The molecular formula is C8H19N3O3S. The summed E-state index contributed by atoms with van der Waals surface area (Å²) in [6.45, 7) is 3.42. The van der Waals surface area contributed by atoms with Crippen LogP contribution < -0.4 is 10.0 Å². The highest BCUT2D eigenvalue weighted by molar-refractivity contribution is 7.87. The van der Waals surface area contributed by atoms with Gasteiger partial charge in [-0.3, -0.25) is 0 Å². The van der Waals surface area contributed by atoms with Crippen LogP contribution in [0.25, 0.3) is 0 Å². The van der Waals surface area contributed by atoms with Gasteiger partial charge in [0.15, 0.2) is 0 Å². The average molecular weight is 237 g/mol. The third-order valence-corrected chi connectivity index (χ3v) is 3.84. The Hall–Kier alpha value is -0.210. The molecule has 0 unspecified atom stereocenters. The highest BCUT2D eigenvalue weighted by Crippen LogP contribution is 2.01. The van der Waals surface area contributed by atoms with Crippen molar-refractivity contribution in [2.24, 2.45) is 0 Å². The number of rotatable bonds is 5. The molecule has 0 aromatic carbocycles. The van der Waals surface area contributed by atoms with Crippen LogP contribution in [0.4, 0.5) is 0 Å². The van der Waals surface area contributed by atoms with E-state index in [1.54, 1.807) is 7.11 Å². The van der Waals surface area contributed by atoms with Crippen LogP contribution >= 0.6 is 0 Å². The minimum absolute atomic E-state index is 0.322. The second kappa shape index (κ2) is 6.39. The highest BCUT2D eigenvalue weighted by atomic mass is 32.2. The standard InChI is InChI=1S/C8H19N3O3S/c1-14-8-5-10-15(12,13)11-6-2-3-9-4-7-11/h9-10H,2-8H2,1H3. The summed E-state index contributed by atoms with van der Waals surface area (Å²) in [5.41, 5.74) is 0. The predicted octanol–water partition coefficient (Wildman–Crippen LogP) is -1.24. The molecule has 15 heavy (non-hydrogen) atoms. The molecule has 7 heteroatoms. The largest absolute Gasteiger partial charge is 0.383 e. The Morgan fingerprint density at radius 3 is 2.93 bits per heavy atom. The van der Waals surface area contributed by atoms with Gasteiger partial charge in [-0.25, -0.2) is 0 Å². The first-order valence-corrected chi connectivity index (χ1v) is 6.55. The first-order chi connectivity index (χ1) is 7.17. The highest BCUT2D eigenvalue weighted by Gasteiger charge is 2.21. The van der Waals surface area contributed by atoms with Gasteiger partial charge in [-0.15, -0.1) is 0 Å². The maximum atomic E-state index is 11.7. The summed E-state index contributed by atoms with van der Waals surface area (Å²) in [4.78, 5) is 0. The Kier molecular flexibility index (Phi) is 5.48. The fourth-order valence-electron chi connectivity index (χ4n) is 1.43. The third kappa shape index (κ3) is 4.43. The van der Waals surface area contributed by atoms with Crippen LogP contribution in [0.2, 0.25) is 0 Å². The Bertz CT molecular complexity index is 260. The van der Waals surface area contributed by atoms with Crippen LogP contribution in [0.1, 0.15) is 6.42 Å². The molecule has 0 aliphatic carbocycles. The van der Waals surface area contributed by atoms with Gasteiger partial charge < -0.3 is 10.1 Å². The van der Waals surface area contributed by atoms with E-state index >= 15 is 0 Å². The van der Waals surface area contributed by atoms with E-state index in [-0.39, 0.29) is 0 Å². The second-order valence-corrected chi connectivity index (χ2v) is 5.15. The van der Waals surface area contributed by atoms with Crippen LogP contribution in [0.3, 0.4) is 0 Å². The zero-order chi connectivity index (χ0) is 11.1. The van der Waals surface area contributed by atoms with Crippen molar-refractivity contribution in [1.29, 1.82) is 0 Å². The summed E-state index contributed by atoms with van der Waals surface area (Å²) < 4.78 is 32.3. The maximum absolute atomic E-state index is 11.7. The van der Waals surface area contributed by atoms with E-state index in [4.69, 9.17) is 4.74 Å². The molecule has 0 aromatic heterocycles. The van der Waals surface area contributed by atoms with Crippen molar-refractivity contribution in [2.45, 2.75) is 6.42 Å². The van der Waals surface area contributed by atoms with E-state index in [2.05, 4.69) is 10.0 Å². The van der Waals surface area contributed by atoms with Crippen molar-refractivity contribution in [1.82, 2.24) is 14.3 Å². The van der Waals surface area contributed by atoms with E-state index in [9.17, 15) is 8.42 Å². The minimum atomic E-state index is -3.32. The molecule has 2 N–H and O–H groups in total. The summed E-state index contributed by atoms with van der Waals surface area (Å²) >= 11 is 0. The fraction of sp³-hybridized carbons (Fsp3) is 1.00. The van der Waals surface area contributed by atoms with E-state index in [1.807, 2.05) is 0 Å². The molecule has 6 nitrogen and oxygen atoms in total. The first kappa shape index (κ1) is 12.9. The van der Waals surface area contributed by atoms with Crippen molar-refractivity contribution in [2.75, 3.05) is 46.4 Å². The predicted molar refractivity (Wildman–Crippen MR) is 57.9 cm³/mol. The summed E-state index contributed by atoms with van der Waals surface area (Å²) in [6, 6.07) is 0. The van der Waals surface area contributed by atoms with Gasteiger partial charge in [0.1, 0.15) is 0 Å². The molecular weight excluding hydrogens is 218 g/mol. The SMILES string of the molecule is COCCNS(=O)(=O)N1CCCNCC1. The molecule has 0 atom stereocenters. The Balaban J connectivity index is 2.43. The molecule has 1 fully saturated rings. The van der Waals surface area contributed by atoms with Crippen molar-refractivity contribution in [3.05, 3.63) is 0 Å². The molecule has 1 aliphatic heterocycles. The van der Waals surface area contributed by atoms with Gasteiger partial charge in [0, 0.05) is 33.3 Å². The summed E-state index contributed by atoms with van der Waals surface area (Å²) in [6.07, 6.45) is 0.852. The average Bonchev–Trinajstić information content (AvgIpc) is 2.46. The lowest BCUT2D eigenvalue weighted by Gasteiger charge is -2.19. The van der Waals surface area contributed by atoms with Gasteiger partial charge in [-0.2, -0.15) is 17.4 Å². The van der Waals surface area contributed by atoms with E-state index < -0.39 is 10.2 Å². The van der Waals surface area contributed by atoms with Gasteiger partial charge in [-0.1, -0.05) is 0 Å². The van der Waals surface area contributed by atoms with Crippen LogP contribution in [0.15, 0.2) is 0 Å². The van der Waals surface area contributed by atoms with Crippen LogP contribution in [-0.2, 0) is 14.9 Å². The molecule has 0 spiro atoms. The van der Waals surface area contributed by atoms with Gasteiger partial charge in [-0.05, 0) is 13.0 Å². The molecule has 0 bridgehead atoms. The lowest BCUT2D eigenvalue weighted by Crippen LogP contribution is -2.43. The van der Waals surface area contributed by atoms with Crippen LogP contribution in [0, 0.1) is 0 Å². The smallest absolute Gasteiger partial charge is 0.279 e. The summed E-state index contributed by atoms with van der Waals surface area (Å²) in [5, 5.41) is 3.16. The molecule has 1 aliphatic rings. The molecule has 0 saturated carbocycles. The van der Waals surface area contributed by atoms with E-state index in [0.29, 0.717) is 32.8 Å². The second-order valence-electron chi connectivity index (χ2n) is 3.39. The van der Waals surface area contributed by atoms with Gasteiger partial charge >= 0.3 is 0 Å². The van der Waals surface area contributed by atoms with E-state index in [0.717, 1.165) is 13.0 Å². The zero-order valence-electron chi connectivity index (χ0n) is 9.03. The summed E-state index contributed by atoms with van der Waals surface area (Å²) in [7, 11) is -1.77. The number of ether oxygens (including phenoxy) is 1. The van der Waals surface area contributed by atoms with Gasteiger partial charge in [0.25, 0.3) is 10.2 Å². The van der Waals surface area contributed by atoms with Crippen molar-refractivity contribution >= 4 is 10.2 Å². The molecule has 1 saturated heterocycles. The Morgan fingerprint density at radius 1 is 1.40 bits per heavy atom. The maximum Gasteiger partial charge on any atom is 0.279 e. The molecule has 0 amide bonds. The number of nitrogens with zero attached hydrogens (tertiary/aromatic N) is 1. The molecule has 0 aromatic rings. The first-order valence-electron chi connectivity index (χ1n) is 5.11. The number of methoxy groups -OCH3 is 1. The van der Waals surface area contributed by atoms with Gasteiger partial charge in [0.05, 0.1) is 6.61 Å². The molecule has 1 heterocycles. The van der Waals surface area contributed by atoms with E-state index in [1.165, 1.54) is 4.31 Å². The normalized spacial score (nSPS) is 20.1. The van der Waals surface area contributed by atoms with Crippen molar-refractivity contribution in [3.8, 4) is 0 Å². The third-order valence-electron chi connectivity index (χ3n) is 2.23. The minimum Gasteiger partial charge on any atom is -0.383 e. The zero-order valence-corrected chi connectivity index (χ0v) is 9.85.